The molecule has 0 radical (unpaired) electrons. The number of ketones is 1. The van der Waals surface area contributed by atoms with E-state index in [-0.39, 0.29) is 11.8 Å². The molecule has 82 valence electrons. The summed E-state index contributed by atoms with van der Waals surface area (Å²) in [4.78, 5) is 14.3. The molecule has 15 heavy (non-hydrogen) atoms. The summed E-state index contributed by atoms with van der Waals surface area (Å²) in [5, 5.41) is 1.87. The van der Waals surface area contributed by atoms with Gasteiger partial charge in [0.25, 0.3) is 0 Å². The van der Waals surface area contributed by atoms with Crippen LogP contribution in [0.2, 0.25) is 4.34 Å². The zero-order valence-electron chi connectivity index (χ0n) is 8.40. The zero-order chi connectivity index (χ0) is 10.8. The van der Waals surface area contributed by atoms with Gasteiger partial charge in [-0.25, -0.2) is 0 Å². The second kappa shape index (κ2) is 4.87. The van der Waals surface area contributed by atoms with Gasteiger partial charge in [0.1, 0.15) is 4.34 Å². The highest BCUT2D eigenvalue weighted by molar-refractivity contribution is 7.99. The van der Waals surface area contributed by atoms with Crippen molar-refractivity contribution in [1.29, 1.82) is 0 Å². The molecule has 2 rings (SSSR count). The first-order chi connectivity index (χ1) is 7.20. The molecule has 0 aliphatic carbocycles. The van der Waals surface area contributed by atoms with Crippen LogP contribution in [-0.4, -0.2) is 41.8 Å². The first-order valence-corrected chi connectivity index (χ1v) is 7.16. The molecule has 1 aromatic rings. The number of hydrogen-bond acceptors (Lipinski definition) is 4. The van der Waals surface area contributed by atoms with Gasteiger partial charge in [0.2, 0.25) is 0 Å². The number of Topliss-reactive ketones (excluding diaryl/α,β-unsaturated/α-hetero) is 1. The lowest BCUT2D eigenvalue weighted by atomic mass is 10.1. The lowest BCUT2D eigenvalue weighted by Gasteiger charge is -2.30. The number of likely N-dealkylation sites (N-methyl/N-ethyl adjacent to an activating group) is 1. The number of nitrogens with zero attached hydrogens (tertiary/aromatic N) is 1. The molecule has 1 aliphatic rings. The highest BCUT2D eigenvalue weighted by atomic mass is 35.5. The molecule has 0 N–H and O–H groups in total. The van der Waals surface area contributed by atoms with Gasteiger partial charge < -0.3 is 0 Å². The lowest BCUT2D eigenvalue weighted by molar-refractivity contribution is 0.0875. The summed E-state index contributed by atoms with van der Waals surface area (Å²) >= 11 is 9.23. The van der Waals surface area contributed by atoms with E-state index in [1.807, 2.05) is 30.3 Å². The van der Waals surface area contributed by atoms with Gasteiger partial charge in [-0.15, -0.1) is 11.3 Å². The summed E-state index contributed by atoms with van der Waals surface area (Å²) in [5.41, 5.74) is 0.681. The summed E-state index contributed by atoms with van der Waals surface area (Å²) in [6.07, 6.45) is 0. The van der Waals surface area contributed by atoms with E-state index in [4.69, 9.17) is 11.6 Å². The van der Waals surface area contributed by atoms with Crippen LogP contribution in [-0.2, 0) is 0 Å². The van der Waals surface area contributed by atoms with Gasteiger partial charge in [0, 0.05) is 23.6 Å². The fraction of sp³-hybridized carbons (Fsp3) is 0.500. The minimum Gasteiger partial charge on any atom is -0.295 e. The zero-order valence-corrected chi connectivity index (χ0v) is 10.8. The molecule has 1 unspecified atom stereocenters. The largest absolute Gasteiger partial charge is 0.295 e. The number of carbonyl (C=O) groups is 1. The van der Waals surface area contributed by atoms with Crippen molar-refractivity contribution >= 4 is 40.5 Å². The van der Waals surface area contributed by atoms with Gasteiger partial charge in [-0.2, -0.15) is 11.8 Å². The summed E-state index contributed by atoms with van der Waals surface area (Å²) in [6.45, 7) is 0.975. The van der Waals surface area contributed by atoms with Gasteiger partial charge in [-0.1, -0.05) is 11.6 Å². The number of hydrogen-bond donors (Lipinski definition) is 0. The van der Waals surface area contributed by atoms with Crippen LogP contribution in [0, 0.1) is 0 Å². The third kappa shape index (κ3) is 2.38. The van der Waals surface area contributed by atoms with Crippen LogP contribution in [0.1, 0.15) is 10.4 Å². The Morgan fingerprint density at radius 2 is 2.47 bits per heavy atom. The van der Waals surface area contributed by atoms with Crippen molar-refractivity contribution in [3.05, 3.63) is 21.3 Å². The first kappa shape index (κ1) is 11.5. The molecule has 2 nitrogen and oxygen atoms in total. The molecule has 1 atom stereocenters. The maximum Gasteiger partial charge on any atom is 0.183 e. The molecule has 5 heteroatoms. The van der Waals surface area contributed by atoms with Crippen molar-refractivity contribution in [2.24, 2.45) is 0 Å². The van der Waals surface area contributed by atoms with Gasteiger partial charge in [-0.3, -0.25) is 9.69 Å². The average molecular weight is 262 g/mol. The van der Waals surface area contributed by atoms with Gasteiger partial charge in [0.05, 0.1) is 6.04 Å². The van der Waals surface area contributed by atoms with Crippen LogP contribution in [0.15, 0.2) is 11.4 Å². The monoisotopic (exact) mass is 261 g/mol. The number of thioether (sulfide) groups is 1. The van der Waals surface area contributed by atoms with E-state index in [1.54, 1.807) is 0 Å². The van der Waals surface area contributed by atoms with Gasteiger partial charge in [-0.05, 0) is 18.5 Å². The molecule has 1 aromatic heterocycles. The van der Waals surface area contributed by atoms with Crippen LogP contribution >= 0.6 is 34.7 Å². The maximum atomic E-state index is 12.2. The molecular formula is C10H12ClNOS2. The molecule has 0 spiro atoms. The predicted octanol–water partition coefficient (Wildman–Crippen LogP) is 2.63. The molecule has 2 heterocycles. The Labute approximate surface area is 103 Å². The number of thiophene rings is 1. The quantitative estimate of drug-likeness (QED) is 0.764. The fourth-order valence-electron chi connectivity index (χ4n) is 1.61. The highest BCUT2D eigenvalue weighted by Crippen LogP contribution is 2.26. The molecule has 0 saturated carbocycles. The molecule has 1 aliphatic heterocycles. The Hall–Kier alpha value is -0.0300. The van der Waals surface area contributed by atoms with Crippen LogP contribution in [0.5, 0.6) is 0 Å². The van der Waals surface area contributed by atoms with Gasteiger partial charge >= 0.3 is 0 Å². The summed E-state index contributed by atoms with van der Waals surface area (Å²) in [6, 6.07) is 1.82. The minimum absolute atomic E-state index is 0.00384. The number of carbonyl (C=O) groups excluding carboxylic acids is 1. The Morgan fingerprint density at radius 3 is 3.07 bits per heavy atom. The number of rotatable bonds is 2. The molecule has 0 amide bonds. The van der Waals surface area contributed by atoms with Crippen LogP contribution in [0.4, 0.5) is 0 Å². The Kier molecular flexibility index (Phi) is 3.72. The third-order valence-electron chi connectivity index (χ3n) is 2.58. The van der Waals surface area contributed by atoms with Gasteiger partial charge in [0.15, 0.2) is 5.78 Å². The van der Waals surface area contributed by atoms with E-state index >= 15 is 0 Å². The van der Waals surface area contributed by atoms with E-state index in [0.29, 0.717) is 9.90 Å². The fourth-order valence-corrected chi connectivity index (χ4v) is 3.75. The second-order valence-corrected chi connectivity index (χ2v) is 6.21. The smallest absolute Gasteiger partial charge is 0.183 e. The van der Waals surface area contributed by atoms with Crippen molar-refractivity contribution in [3.63, 3.8) is 0 Å². The molecule has 1 saturated heterocycles. The van der Waals surface area contributed by atoms with Crippen molar-refractivity contribution in [2.45, 2.75) is 6.04 Å². The molecular weight excluding hydrogens is 250 g/mol. The van der Waals surface area contributed by atoms with E-state index < -0.39 is 0 Å². The highest BCUT2D eigenvalue weighted by Gasteiger charge is 2.28. The summed E-state index contributed by atoms with van der Waals surface area (Å²) in [7, 11) is 2.00. The van der Waals surface area contributed by atoms with E-state index in [2.05, 4.69) is 4.90 Å². The van der Waals surface area contributed by atoms with Crippen molar-refractivity contribution < 1.29 is 4.79 Å². The molecule has 0 aromatic carbocycles. The molecule has 1 fully saturated rings. The van der Waals surface area contributed by atoms with E-state index in [0.717, 1.165) is 18.1 Å². The van der Waals surface area contributed by atoms with E-state index in [9.17, 15) is 4.79 Å². The number of halogens is 1. The van der Waals surface area contributed by atoms with Crippen LogP contribution in [0.3, 0.4) is 0 Å². The molecule has 0 bridgehead atoms. The maximum absolute atomic E-state index is 12.2. The standard InChI is InChI=1S/C10H12ClNOS2/c1-12-3-5-14-6-8(12)9(13)7-2-4-15-10(7)11/h2,4,8H,3,5-6H2,1H3. The van der Waals surface area contributed by atoms with Crippen molar-refractivity contribution in [3.8, 4) is 0 Å². The van der Waals surface area contributed by atoms with Crippen molar-refractivity contribution in [2.75, 3.05) is 25.1 Å². The SMILES string of the molecule is CN1CCSCC1C(=O)c1ccsc1Cl. The van der Waals surface area contributed by atoms with Crippen molar-refractivity contribution in [1.82, 2.24) is 4.90 Å². The van der Waals surface area contributed by atoms with E-state index in [1.165, 1.54) is 11.3 Å². The summed E-state index contributed by atoms with van der Waals surface area (Å²) in [5.74, 6) is 2.15. The van der Waals surface area contributed by atoms with Crippen LogP contribution < -0.4 is 0 Å². The van der Waals surface area contributed by atoms with Crippen LogP contribution in [0.25, 0.3) is 0 Å². The second-order valence-electron chi connectivity index (χ2n) is 3.54. The lowest BCUT2D eigenvalue weighted by Crippen LogP contribution is -2.44. The Balaban J connectivity index is 2.17. The summed E-state index contributed by atoms with van der Waals surface area (Å²) < 4.78 is 0.615. The topological polar surface area (TPSA) is 20.3 Å². The predicted molar refractivity (Wildman–Crippen MR) is 67.4 cm³/mol. The average Bonchev–Trinajstić information content (AvgIpc) is 2.64. The normalized spacial score (nSPS) is 22.9. The minimum atomic E-state index is -0.00384. The Bertz CT molecular complexity index is 366. The first-order valence-electron chi connectivity index (χ1n) is 4.75. The third-order valence-corrected chi connectivity index (χ3v) is 4.77. The Morgan fingerprint density at radius 1 is 1.67 bits per heavy atom.